The predicted molar refractivity (Wildman–Crippen MR) is 61.5 cm³/mol. The molecule has 0 radical (unpaired) electrons. The molecule has 0 saturated carbocycles. The Kier molecular flexibility index (Phi) is 9.07. The van der Waals surface area contributed by atoms with Crippen LogP contribution in [0.15, 0.2) is 17.1 Å². The molecule has 0 atom stereocenters. The maximum Gasteiger partial charge on any atom is 0.0593 e. The molecule has 0 saturated heterocycles. The fourth-order valence-electron chi connectivity index (χ4n) is 1.06. The number of aliphatic imine (C=N–C) groups is 1. The lowest BCUT2D eigenvalue weighted by molar-refractivity contribution is 0.685. The van der Waals surface area contributed by atoms with Crippen molar-refractivity contribution in [2.24, 2.45) is 4.99 Å². The van der Waals surface area contributed by atoms with Crippen LogP contribution in [0, 0.1) is 0 Å². The summed E-state index contributed by atoms with van der Waals surface area (Å²) in [6, 6.07) is 0. The number of nitrogens with zero attached hydrogens (tertiary/aromatic N) is 1. The molecule has 0 bridgehead atoms. The molecule has 13 heavy (non-hydrogen) atoms. The summed E-state index contributed by atoms with van der Waals surface area (Å²) < 4.78 is 0. The minimum Gasteiger partial charge on any atom is -0.293 e. The van der Waals surface area contributed by atoms with Gasteiger partial charge in [0.15, 0.2) is 0 Å². The minimum absolute atomic E-state index is 0.824. The van der Waals surface area contributed by atoms with Gasteiger partial charge in [-0.2, -0.15) is 0 Å². The summed E-state index contributed by atoms with van der Waals surface area (Å²) in [4.78, 5) is 4.32. The third kappa shape index (κ3) is 9.32. The molecular formula is C12H23N. The van der Waals surface area contributed by atoms with Gasteiger partial charge in [0.1, 0.15) is 0 Å². The van der Waals surface area contributed by atoms with Crippen molar-refractivity contribution in [2.75, 3.05) is 6.54 Å². The third-order valence-electron chi connectivity index (χ3n) is 2.13. The number of unbranched alkanes of at least 4 members (excludes halogenated alkanes) is 4. The second kappa shape index (κ2) is 9.50. The lowest BCUT2D eigenvalue weighted by Crippen LogP contribution is -1.86. The van der Waals surface area contributed by atoms with Gasteiger partial charge in [0, 0.05) is 0 Å². The Morgan fingerprint density at radius 1 is 1.23 bits per heavy atom. The summed E-state index contributed by atoms with van der Waals surface area (Å²) in [6.07, 6.45) is 9.53. The summed E-state index contributed by atoms with van der Waals surface area (Å²) in [5.74, 6) is 0. The van der Waals surface area contributed by atoms with Gasteiger partial charge in [-0.15, -0.1) is 0 Å². The molecule has 0 aromatic rings. The van der Waals surface area contributed by atoms with Crippen molar-refractivity contribution in [3.8, 4) is 0 Å². The second-order valence-electron chi connectivity index (χ2n) is 3.48. The van der Waals surface area contributed by atoms with Crippen molar-refractivity contribution in [3.63, 3.8) is 0 Å². The molecule has 0 aliphatic rings. The van der Waals surface area contributed by atoms with E-state index in [-0.39, 0.29) is 0 Å². The summed E-state index contributed by atoms with van der Waals surface area (Å²) in [7, 11) is 0. The SMILES string of the molecule is C=C(CC)C/N=C/CCCCCC. The zero-order chi connectivity index (χ0) is 9.94. The lowest BCUT2D eigenvalue weighted by atomic mass is 10.2. The van der Waals surface area contributed by atoms with E-state index in [1.54, 1.807) is 0 Å². The van der Waals surface area contributed by atoms with E-state index in [0.29, 0.717) is 0 Å². The van der Waals surface area contributed by atoms with E-state index in [2.05, 4.69) is 31.6 Å². The van der Waals surface area contributed by atoms with Crippen molar-refractivity contribution in [1.82, 2.24) is 0 Å². The van der Waals surface area contributed by atoms with E-state index in [4.69, 9.17) is 0 Å². The maximum atomic E-state index is 4.32. The maximum absolute atomic E-state index is 4.32. The van der Waals surface area contributed by atoms with Crippen LogP contribution in [-0.2, 0) is 0 Å². The average Bonchev–Trinajstić information content (AvgIpc) is 2.16. The summed E-state index contributed by atoms with van der Waals surface area (Å²) in [5, 5.41) is 0. The van der Waals surface area contributed by atoms with Crippen LogP contribution in [0.5, 0.6) is 0 Å². The fourth-order valence-corrected chi connectivity index (χ4v) is 1.06. The van der Waals surface area contributed by atoms with Gasteiger partial charge in [-0.25, -0.2) is 0 Å². The Balaban J connectivity index is 3.17. The van der Waals surface area contributed by atoms with Crippen LogP contribution in [0.3, 0.4) is 0 Å². The normalized spacial score (nSPS) is 10.9. The van der Waals surface area contributed by atoms with Crippen LogP contribution >= 0.6 is 0 Å². The first kappa shape index (κ1) is 12.4. The van der Waals surface area contributed by atoms with Crippen LogP contribution in [0.25, 0.3) is 0 Å². The quantitative estimate of drug-likeness (QED) is 0.305. The molecule has 1 nitrogen and oxygen atoms in total. The first-order valence-corrected chi connectivity index (χ1v) is 5.46. The minimum atomic E-state index is 0.824. The molecule has 0 heterocycles. The van der Waals surface area contributed by atoms with Gasteiger partial charge in [0.25, 0.3) is 0 Å². The Morgan fingerprint density at radius 2 is 2.00 bits per heavy atom. The molecule has 0 aromatic carbocycles. The molecular weight excluding hydrogens is 158 g/mol. The molecule has 0 fully saturated rings. The third-order valence-corrected chi connectivity index (χ3v) is 2.13. The zero-order valence-corrected chi connectivity index (χ0v) is 9.18. The van der Waals surface area contributed by atoms with Crippen LogP contribution in [0.4, 0.5) is 0 Å². The molecule has 0 aliphatic heterocycles. The molecule has 0 unspecified atom stereocenters. The molecule has 0 rings (SSSR count). The van der Waals surface area contributed by atoms with E-state index in [9.17, 15) is 0 Å². The second-order valence-corrected chi connectivity index (χ2v) is 3.48. The van der Waals surface area contributed by atoms with Crippen LogP contribution < -0.4 is 0 Å². The predicted octanol–water partition coefficient (Wildman–Crippen LogP) is 3.99. The van der Waals surface area contributed by atoms with E-state index in [1.165, 1.54) is 31.3 Å². The van der Waals surface area contributed by atoms with Crippen molar-refractivity contribution in [3.05, 3.63) is 12.2 Å². The van der Waals surface area contributed by atoms with Gasteiger partial charge < -0.3 is 0 Å². The molecule has 0 N–H and O–H groups in total. The summed E-state index contributed by atoms with van der Waals surface area (Å²) >= 11 is 0. The van der Waals surface area contributed by atoms with Crippen LogP contribution in [0.1, 0.15) is 52.4 Å². The van der Waals surface area contributed by atoms with E-state index < -0.39 is 0 Å². The van der Waals surface area contributed by atoms with Crippen molar-refractivity contribution >= 4 is 6.21 Å². The summed E-state index contributed by atoms with van der Waals surface area (Å²) in [6.45, 7) is 9.09. The molecule has 0 amide bonds. The Labute approximate surface area is 83.0 Å². The van der Waals surface area contributed by atoms with Crippen molar-refractivity contribution < 1.29 is 0 Å². The Bertz CT molecular complexity index is 147. The van der Waals surface area contributed by atoms with Gasteiger partial charge in [0.05, 0.1) is 6.54 Å². The van der Waals surface area contributed by atoms with Gasteiger partial charge in [-0.3, -0.25) is 4.99 Å². The number of hydrogen-bond acceptors (Lipinski definition) is 1. The molecule has 0 aliphatic carbocycles. The smallest absolute Gasteiger partial charge is 0.0593 e. The highest BCUT2D eigenvalue weighted by atomic mass is 14.7. The van der Waals surface area contributed by atoms with Crippen molar-refractivity contribution in [1.29, 1.82) is 0 Å². The van der Waals surface area contributed by atoms with Crippen molar-refractivity contribution in [2.45, 2.75) is 52.4 Å². The monoisotopic (exact) mass is 181 g/mol. The van der Waals surface area contributed by atoms with Gasteiger partial charge in [-0.1, -0.05) is 45.3 Å². The van der Waals surface area contributed by atoms with Gasteiger partial charge in [-0.05, 0) is 25.5 Å². The lowest BCUT2D eigenvalue weighted by Gasteiger charge is -1.96. The molecule has 0 spiro atoms. The topological polar surface area (TPSA) is 12.4 Å². The fraction of sp³-hybridized carbons (Fsp3) is 0.750. The standard InChI is InChI=1S/C12H23N/c1-4-6-7-8-9-10-13-11-12(3)5-2/h10H,3-9,11H2,1-2H3/b13-10+. The van der Waals surface area contributed by atoms with E-state index in [0.717, 1.165) is 19.4 Å². The molecule has 1 heteroatoms. The zero-order valence-electron chi connectivity index (χ0n) is 9.18. The van der Waals surface area contributed by atoms with Gasteiger partial charge in [0.2, 0.25) is 0 Å². The van der Waals surface area contributed by atoms with Gasteiger partial charge >= 0.3 is 0 Å². The first-order valence-electron chi connectivity index (χ1n) is 5.46. The first-order chi connectivity index (χ1) is 6.31. The molecule has 0 aromatic heterocycles. The average molecular weight is 181 g/mol. The highest BCUT2D eigenvalue weighted by molar-refractivity contribution is 5.57. The number of hydrogen-bond donors (Lipinski definition) is 0. The highest BCUT2D eigenvalue weighted by Gasteiger charge is 1.86. The van der Waals surface area contributed by atoms with E-state index in [1.807, 2.05) is 0 Å². The Hall–Kier alpha value is -0.590. The summed E-state index contributed by atoms with van der Waals surface area (Å²) in [5.41, 5.74) is 1.23. The number of rotatable bonds is 8. The molecule has 76 valence electrons. The van der Waals surface area contributed by atoms with Crippen LogP contribution in [-0.4, -0.2) is 12.8 Å². The van der Waals surface area contributed by atoms with Crippen LogP contribution in [0.2, 0.25) is 0 Å². The Morgan fingerprint density at radius 3 is 2.62 bits per heavy atom. The van der Waals surface area contributed by atoms with E-state index >= 15 is 0 Å². The largest absolute Gasteiger partial charge is 0.293 e. The highest BCUT2D eigenvalue weighted by Crippen LogP contribution is 2.01.